The maximum absolute atomic E-state index is 13.9. The summed E-state index contributed by atoms with van der Waals surface area (Å²) in [6.45, 7) is 11.2. The molecule has 38 heavy (non-hydrogen) atoms. The first kappa shape index (κ1) is 26.0. The summed E-state index contributed by atoms with van der Waals surface area (Å²) < 4.78 is 2.38. The van der Waals surface area contributed by atoms with E-state index in [0.29, 0.717) is 17.2 Å². The zero-order valence-corrected chi connectivity index (χ0v) is 23.6. The molecule has 0 radical (unpaired) electrons. The van der Waals surface area contributed by atoms with Gasteiger partial charge >= 0.3 is 0 Å². The first-order chi connectivity index (χ1) is 18.1. The molecule has 1 saturated carbocycles. The lowest BCUT2D eigenvalue weighted by Gasteiger charge is -2.20. The van der Waals surface area contributed by atoms with E-state index >= 15 is 0 Å². The molecule has 2 aromatic carbocycles. The summed E-state index contributed by atoms with van der Waals surface area (Å²) in [4.78, 5) is 31.5. The van der Waals surface area contributed by atoms with Crippen LogP contribution in [0.15, 0.2) is 41.3 Å². The fourth-order valence-corrected chi connectivity index (χ4v) is 5.92. The summed E-state index contributed by atoms with van der Waals surface area (Å²) in [5.41, 5.74) is 10.8. The van der Waals surface area contributed by atoms with Gasteiger partial charge in [0.1, 0.15) is 0 Å². The Morgan fingerprint density at radius 3 is 2.32 bits per heavy atom. The summed E-state index contributed by atoms with van der Waals surface area (Å²) in [5, 5.41) is 4.11. The predicted octanol–water partition coefficient (Wildman–Crippen LogP) is 5.87. The number of hydrogen-bond acceptors (Lipinski definition) is 3. The molecule has 2 aromatic heterocycles. The fourth-order valence-electron chi connectivity index (χ4n) is 5.92. The number of carbonyl (C=O) groups is 1. The molecule has 4 aromatic rings. The van der Waals surface area contributed by atoms with Crippen LogP contribution in [0.3, 0.4) is 0 Å². The smallest absolute Gasteiger partial charge is 0.253 e. The van der Waals surface area contributed by atoms with E-state index in [1.54, 1.807) is 0 Å². The van der Waals surface area contributed by atoms with Crippen molar-refractivity contribution in [1.29, 1.82) is 0 Å². The lowest BCUT2D eigenvalue weighted by Crippen LogP contribution is -2.28. The molecule has 0 unspecified atom stereocenters. The Morgan fingerprint density at radius 1 is 1.03 bits per heavy atom. The third kappa shape index (κ3) is 4.69. The quantitative estimate of drug-likeness (QED) is 0.327. The zero-order chi connectivity index (χ0) is 27.3. The Kier molecular flexibility index (Phi) is 6.78. The van der Waals surface area contributed by atoms with Crippen molar-refractivity contribution in [1.82, 2.24) is 19.8 Å². The van der Waals surface area contributed by atoms with Gasteiger partial charge in [-0.3, -0.25) is 9.59 Å². The highest BCUT2D eigenvalue weighted by Crippen LogP contribution is 2.44. The van der Waals surface area contributed by atoms with Crippen molar-refractivity contribution < 1.29 is 4.79 Å². The largest absolute Gasteiger partial charge is 0.348 e. The molecule has 1 fully saturated rings. The topological polar surface area (TPSA) is 70.1 Å². The highest BCUT2D eigenvalue weighted by atomic mass is 16.1. The number of aryl methyl sites for hydroxylation is 4. The van der Waals surface area contributed by atoms with Crippen LogP contribution in [0.4, 0.5) is 0 Å². The van der Waals surface area contributed by atoms with Crippen molar-refractivity contribution in [2.45, 2.75) is 66.6 Å². The van der Waals surface area contributed by atoms with Crippen LogP contribution in [0.25, 0.3) is 22.0 Å². The van der Waals surface area contributed by atoms with Crippen LogP contribution in [0.1, 0.15) is 68.3 Å². The molecule has 0 bridgehead atoms. The van der Waals surface area contributed by atoms with Gasteiger partial charge in [-0.2, -0.15) is 0 Å². The molecule has 0 spiro atoms. The highest BCUT2D eigenvalue weighted by Gasteiger charge is 2.30. The van der Waals surface area contributed by atoms with Crippen LogP contribution < -0.4 is 10.9 Å². The first-order valence-corrected chi connectivity index (χ1v) is 13.4. The predicted molar refractivity (Wildman–Crippen MR) is 155 cm³/mol. The number of nitrogens with one attached hydrogen (secondary N) is 2. The molecule has 0 aliphatic heterocycles. The second kappa shape index (κ2) is 9.91. The molecule has 6 nitrogen and oxygen atoms in total. The van der Waals surface area contributed by atoms with E-state index in [1.165, 1.54) is 24.0 Å². The van der Waals surface area contributed by atoms with Gasteiger partial charge < -0.3 is 19.8 Å². The first-order valence-electron chi connectivity index (χ1n) is 13.4. The Morgan fingerprint density at radius 2 is 1.71 bits per heavy atom. The zero-order valence-electron chi connectivity index (χ0n) is 23.6. The molecule has 1 aliphatic carbocycles. The van der Waals surface area contributed by atoms with Gasteiger partial charge in [0.05, 0.1) is 11.1 Å². The second-order valence-electron chi connectivity index (χ2n) is 11.2. The van der Waals surface area contributed by atoms with E-state index in [1.807, 2.05) is 19.9 Å². The van der Waals surface area contributed by atoms with E-state index in [9.17, 15) is 9.59 Å². The molecule has 0 saturated heterocycles. The van der Waals surface area contributed by atoms with Crippen LogP contribution in [0.2, 0.25) is 0 Å². The van der Waals surface area contributed by atoms with E-state index < -0.39 is 0 Å². The fraction of sp³-hybridized carbons (Fsp3) is 0.375. The molecular formula is C32H38N4O2. The maximum Gasteiger partial charge on any atom is 0.253 e. The number of amides is 1. The highest BCUT2D eigenvalue weighted by molar-refractivity contribution is 6.12. The third-order valence-corrected chi connectivity index (χ3v) is 7.78. The summed E-state index contributed by atoms with van der Waals surface area (Å²) in [6.07, 6.45) is 4.55. The Labute approximate surface area is 224 Å². The standard InChI is InChI=1S/C32H38N4O2/c1-18-14-20(3)34-31(37)26(18)15-33-32(38)29-21(4)28(24-10-8-23(9-11-24)17-35(6)7)22(5)30-27(29)19(2)16-36(30)25-12-13-25/h8-11,14,16,25H,12-13,15,17H2,1-7H3,(H,33,38)(H,34,37). The Hall–Kier alpha value is -3.64. The molecular weight excluding hydrogens is 472 g/mol. The Balaban J connectivity index is 1.64. The van der Waals surface area contributed by atoms with Gasteiger partial charge in [0.25, 0.3) is 11.5 Å². The summed E-state index contributed by atoms with van der Waals surface area (Å²) >= 11 is 0. The lowest BCUT2D eigenvalue weighted by molar-refractivity contribution is 0.0952. The number of carbonyl (C=O) groups excluding carboxylic acids is 1. The maximum atomic E-state index is 13.9. The number of aromatic nitrogens is 2. The molecule has 198 valence electrons. The van der Waals surface area contributed by atoms with Gasteiger partial charge in [-0.1, -0.05) is 24.3 Å². The number of hydrogen-bond donors (Lipinski definition) is 2. The van der Waals surface area contributed by atoms with Gasteiger partial charge in [-0.15, -0.1) is 0 Å². The summed E-state index contributed by atoms with van der Waals surface area (Å²) in [5.74, 6) is -0.144. The summed E-state index contributed by atoms with van der Waals surface area (Å²) in [6, 6.07) is 11.1. The number of rotatable bonds is 7. The lowest BCUT2D eigenvalue weighted by atomic mass is 9.87. The van der Waals surface area contributed by atoms with Crippen molar-refractivity contribution >= 4 is 16.8 Å². The van der Waals surface area contributed by atoms with E-state index in [4.69, 9.17) is 0 Å². The monoisotopic (exact) mass is 510 g/mol. The summed E-state index contributed by atoms with van der Waals surface area (Å²) in [7, 11) is 4.14. The van der Waals surface area contributed by atoms with E-state index in [-0.39, 0.29) is 18.0 Å². The van der Waals surface area contributed by atoms with Crippen LogP contribution in [0.5, 0.6) is 0 Å². The second-order valence-corrected chi connectivity index (χ2v) is 11.2. The third-order valence-electron chi connectivity index (χ3n) is 7.78. The van der Waals surface area contributed by atoms with Crippen molar-refractivity contribution in [2.75, 3.05) is 14.1 Å². The molecule has 1 aliphatic rings. The van der Waals surface area contributed by atoms with Gasteiger partial charge in [-0.05, 0) is 107 Å². The Bertz CT molecular complexity index is 1600. The van der Waals surface area contributed by atoms with Crippen molar-refractivity contribution in [3.63, 3.8) is 0 Å². The van der Waals surface area contributed by atoms with Crippen LogP contribution in [0, 0.1) is 34.6 Å². The number of benzene rings is 2. The van der Waals surface area contributed by atoms with Crippen molar-refractivity contribution in [2.24, 2.45) is 0 Å². The van der Waals surface area contributed by atoms with E-state index in [2.05, 4.69) is 85.1 Å². The minimum atomic E-state index is -0.150. The molecule has 0 atom stereocenters. The van der Waals surface area contributed by atoms with Gasteiger partial charge in [0.15, 0.2) is 0 Å². The van der Waals surface area contributed by atoms with Crippen LogP contribution >= 0.6 is 0 Å². The molecule has 5 rings (SSSR count). The van der Waals surface area contributed by atoms with Crippen LogP contribution in [-0.4, -0.2) is 34.5 Å². The SMILES string of the molecule is Cc1cc(C)c(CNC(=O)c2c(C)c(-c3ccc(CN(C)C)cc3)c(C)c3c2c(C)cn3C2CC2)c(=O)[nH]1. The van der Waals surface area contributed by atoms with Gasteiger partial charge in [0, 0.05) is 42.0 Å². The molecule has 2 N–H and O–H groups in total. The molecule has 6 heteroatoms. The number of H-pyrrole nitrogens is 1. The van der Waals surface area contributed by atoms with Crippen molar-refractivity contribution in [3.05, 3.63) is 91.5 Å². The molecule has 1 amide bonds. The normalized spacial score (nSPS) is 13.5. The minimum Gasteiger partial charge on any atom is -0.348 e. The number of fused-ring (bicyclic) bond motifs is 1. The van der Waals surface area contributed by atoms with Crippen LogP contribution in [-0.2, 0) is 13.1 Å². The number of aromatic amines is 1. The van der Waals surface area contributed by atoms with Gasteiger partial charge in [0.2, 0.25) is 0 Å². The average Bonchev–Trinajstić information content (AvgIpc) is 3.62. The number of pyridine rings is 1. The van der Waals surface area contributed by atoms with E-state index in [0.717, 1.165) is 51.0 Å². The minimum absolute atomic E-state index is 0.144. The van der Waals surface area contributed by atoms with Crippen molar-refractivity contribution in [3.8, 4) is 11.1 Å². The average molecular weight is 511 g/mol. The number of nitrogens with zero attached hydrogens (tertiary/aromatic N) is 2. The molecule has 2 heterocycles. The van der Waals surface area contributed by atoms with Gasteiger partial charge in [-0.25, -0.2) is 0 Å².